The van der Waals surface area contributed by atoms with E-state index in [0.717, 1.165) is 6.21 Å². The molecule has 0 spiro atoms. The molecule has 0 saturated heterocycles. The number of carbonyl (C=O) groups is 1. The Bertz CT molecular complexity index is 738. The third-order valence-electron chi connectivity index (χ3n) is 3.39. The molecule has 1 aromatic carbocycles. The van der Waals surface area contributed by atoms with E-state index in [1.807, 2.05) is 0 Å². The quantitative estimate of drug-likeness (QED) is 0.847. The van der Waals surface area contributed by atoms with E-state index in [-0.39, 0.29) is 10.6 Å². The maximum absolute atomic E-state index is 13.0. The maximum atomic E-state index is 13.0. The van der Waals surface area contributed by atoms with Gasteiger partial charge in [0.05, 0.1) is 5.56 Å². The molecule has 110 valence electrons. The van der Waals surface area contributed by atoms with Gasteiger partial charge in [0.25, 0.3) is 11.6 Å². The molecular formula is C13H10F3N3O2. The fourth-order valence-electron chi connectivity index (χ4n) is 2.25. The number of aromatic nitrogens is 1. The number of alkyl halides is 3. The lowest BCUT2D eigenvalue weighted by Crippen LogP contribution is -2.56. The van der Waals surface area contributed by atoms with Crippen LogP contribution in [0.25, 0.3) is 10.9 Å². The van der Waals surface area contributed by atoms with Crippen molar-refractivity contribution in [1.82, 2.24) is 9.99 Å². The highest BCUT2D eigenvalue weighted by Gasteiger charge is 2.61. The van der Waals surface area contributed by atoms with Crippen molar-refractivity contribution in [3.05, 3.63) is 36.0 Å². The van der Waals surface area contributed by atoms with Crippen LogP contribution in [-0.4, -0.2) is 39.1 Å². The van der Waals surface area contributed by atoms with E-state index in [4.69, 9.17) is 0 Å². The van der Waals surface area contributed by atoms with Gasteiger partial charge in [0.15, 0.2) is 0 Å². The fraction of sp³-hybridized carbons (Fsp3) is 0.231. The van der Waals surface area contributed by atoms with E-state index in [1.54, 1.807) is 24.3 Å². The molecule has 2 N–H and O–H groups in total. The van der Waals surface area contributed by atoms with Crippen LogP contribution in [0.4, 0.5) is 13.2 Å². The van der Waals surface area contributed by atoms with Crippen molar-refractivity contribution in [2.45, 2.75) is 18.3 Å². The summed E-state index contributed by atoms with van der Waals surface area (Å²) < 4.78 is 38.9. The van der Waals surface area contributed by atoms with E-state index in [0.29, 0.717) is 10.9 Å². The average molecular weight is 297 g/mol. The SMILES string of the molecule is O=C(c1c[nH]c2ccccc12)N1N=CC[C@@]1(O)C(F)(F)F. The number of rotatable bonds is 1. The first-order valence-electron chi connectivity index (χ1n) is 6.07. The van der Waals surface area contributed by atoms with E-state index >= 15 is 0 Å². The molecule has 0 unspecified atom stereocenters. The maximum Gasteiger partial charge on any atom is 0.438 e. The Morgan fingerprint density at radius 1 is 1.38 bits per heavy atom. The smallest absolute Gasteiger partial charge is 0.362 e. The van der Waals surface area contributed by atoms with Crippen molar-refractivity contribution in [1.29, 1.82) is 0 Å². The molecule has 0 fully saturated rings. The molecule has 1 amide bonds. The summed E-state index contributed by atoms with van der Waals surface area (Å²) in [5.74, 6) is -1.01. The van der Waals surface area contributed by atoms with Crippen LogP contribution >= 0.6 is 0 Å². The van der Waals surface area contributed by atoms with Crippen molar-refractivity contribution >= 4 is 23.0 Å². The lowest BCUT2D eigenvalue weighted by atomic mass is 10.1. The van der Waals surface area contributed by atoms with Gasteiger partial charge in [0, 0.05) is 29.7 Å². The minimum Gasteiger partial charge on any atom is -0.362 e. The molecule has 1 aliphatic rings. The number of amides is 1. The van der Waals surface area contributed by atoms with Crippen LogP contribution in [0.3, 0.4) is 0 Å². The fourth-order valence-corrected chi connectivity index (χ4v) is 2.25. The number of aromatic amines is 1. The van der Waals surface area contributed by atoms with Gasteiger partial charge in [-0.25, -0.2) is 0 Å². The van der Waals surface area contributed by atoms with E-state index in [9.17, 15) is 23.1 Å². The van der Waals surface area contributed by atoms with Crippen LogP contribution in [0.15, 0.2) is 35.6 Å². The van der Waals surface area contributed by atoms with Crippen molar-refractivity contribution in [2.75, 3.05) is 0 Å². The van der Waals surface area contributed by atoms with E-state index < -0.39 is 24.2 Å². The van der Waals surface area contributed by atoms with Gasteiger partial charge in [0.2, 0.25) is 0 Å². The zero-order valence-electron chi connectivity index (χ0n) is 10.6. The lowest BCUT2D eigenvalue weighted by Gasteiger charge is -2.32. The molecule has 21 heavy (non-hydrogen) atoms. The number of H-pyrrole nitrogens is 1. The van der Waals surface area contributed by atoms with E-state index in [1.165, 1.54) is 6.20 Å². The summed E-state index contributed by atoms with van der Waals surface area (Å²) in [5.41, 5.74) is -2.67. The Morgan fingerprint density at radius 3 is 2.81 bits per heavy atom. The third kappa shape index (κ3) is 1.90. The van der Waals surface area contributed by atoms with Gasteiger partial charge < -0.3 is 10.1 Å². The molecule has 5 nitrogen and oxygen atoms in total. The molecule has 0 aliphatic carbocycles. The summed E-state index contributed by atoms with van der Waals surface area (Å²) in [7, 11) is 0. The molecule has 2 heterocycles. The van der Waals surface area contributed by atoms with Crippen LogP contribution in [0.5, 0.6) is 0 Å². The summed E-state index contributed by atoms with van der Waals surface area (Å²) >= 11 is 0. The Hall–Kier alpha value is -2.35. The number of hydrazone groups is 1. The number of aliphatic hydroxyl groups is 1. The molecule has 0 saturated carbocycles. The highest BCUT2D eigenvalue weighted by atomic mass is 19.4. The highest BCUT2D eigenvalue weighted by molar-refractivity contribution is 6.07. The second kappa shape index (κ2) is 4.32. The van der Waals surface area contributed by atoms with Crippen molar-refractivity contribution in [3.8, 4) is 0 Å². The molecule has 0 radical (unpaired) electrons. The Balaban J connectivity index is 2.04. The molecule has 8 heteroatoms. The van der Waals surface area contributed by atoms with Gasteiger partial charge in [-0.15, -0.1) is 0 Å². The topological polar surface area (TPSA) is 68.7 Å². The van der Waals surface area contributed by atoms with Crippen molar-refractivity contribution in [2.24, 2.45) is 5.10 Å². The first-order chi connectivity index (χ1) is 9.84. The van der Waals surface area contributed by atoms with E-state index in [2.05, 4.69) is 10.1 Å². The molecule has 1 aromatic heterocycles. The molecule has 1 atom stereocenters. The molecule has 3 rings (SSSR count). The predicted octanol–water partition coefficient (Wildman–Crippen LogP) is 2.25. The first-order valence-corrected chi connectivity index (χ1v) is 6.07. The second-order valence-corrected chi connectivity index (χ2v) is 4.68. The Kier molecular flexibility index (Phi) is 2.80. The highest BCUT2D eigenvalue weighted by Crippen LogP contribution is 2.39. The van der Waals surface area contributed by atoms with Gasteiger partial charge in [-0.2, -0.15) is 23.3 Å². The predicted molar refractivity (Wildman–Crippen MR) is 68.6 cm³/mol. The summed E-state index contributed by atoms with van der Waals surface area (Å²) in [4.78, 5) is 15.1. The van der Waals surface area contributed by atoms with Gasteiger partial charge in [0.1, 0.15) is 0 Å². The van der Waals surface area contributed by atoms with Gasteiger partial charge >= 0.3 is 6.18 Å². The van der Waals surface area contributed by atoms with Crippen LogP contribution in [0.1, 0.15) is 16.8 Å². The molecule has 0 bridgehead atoms. The number of nitrogens with one attached hydrogen (secondary N) is 1. The van der Waals surface area contributed by atoms with Crippen molar-refractivity contribution < 1.29 is 23.1 Å². The van der Waals surface area contributed by atoms with Crippen LogP contribution in [0, 0.1) is 0 Å². The van der Waals surface area contributed by atoms with Crippen molar-refractivity contribution in [3.63, 3.8) is 0 Å². The number of fused-ring (bicyclic) bond motifs is 1. The number of benzene rings is 1. The number of hydrogen-bond acceptors (Lipinski definition) is 3. The number of nitrogens with zero attached hydrogens (tertiary/aromatic N) is 2. The zero-order valence-corrected chi connectivity index (χ0v) is 10.6. The van der Waals surface area contributed by atoms with Gasteiger partial charge in [-0.1, -0.05) is 18.2 Å². The van der Waals surface area contributed by atoms with Gasteiger partial charge in [-0.3, -0.25) is 4.79 Å². The standard InChI is InChI=1S/C13H10F3N3O2/c14-13(15,16)12(21)5-6-18-19(12)11(20)9-7-17-10-4-2-1-3-8(9)10/h1-4,6-7,17,21H,5H2/t12-/m1/s1. The number of para-hydroxylation sites is 1. The summed E-state index contributed by atoms with van der Waals surface area (Å²) in [6, 6.07) is 6.68. The lowest BCUT2D eigenvalue weighted by molar-refractivity contribution is -0.297. The Morgan fingerprint density at radius 2 is 2.10 bits per heavy atom. The van der Waals surface area contributed by atoms with Gasteiger partial charge in [-0.05, 0) is 6.07 Å². The van der Waals surface area contributed by atoms with Crippen LogP contribution in [0.2, 0.25) is 0 Å². The monoisotopic (exact) mass is 297 g/mol. The van der Waals surface area contributed by atoms with Crippen LogP contribution < -0.4 is 0 Å². The minimum atomic E-state index is -4.99. The summed E-state index contributed by atoms with van der Waals surface area (Å²) in [6.45, 7) is 0. The summed E-state index contributed by atoms with van der Waals surface area (Å²) in [5, 5.41) is 13.7. The average Bonchev–Trinajstić information content (AvgIpc) is 3.01. The minimum absolute atomic E-state index is 0.0207. The molecule has 2 aromatic rings. The molecular weight excluding hydrogens is 287 g/mol. The number of hydrogen-bond donors (Lipinski definition) is 2. The number of halogens is 3. The number of carbonyl (C=O) groups excluding carboxylic acids is 1. The summed E-state index contributed by atoms with van der Waals surface area (Å²) in [6.07, 6.45) is -3.60. The normalized spacial score (nSPS) is 22.2. The Labute approximate surface area is 116 Å². The molecule has 1 aliphatic heterocycles. The first kappa shape index (κ1) is 13.6. The third-order valence-corrected chi connectivity index (χ3v) is 3.39. The second-order valence-electron chi connectivity index (χ2n) is 4.68. The van der Waals surface area contributed by atoms with Crippen LogP contribution in [-0.2, 0) is 0 Å². The largest absolute Gasteiger partial charge is 0.438 e. The zero-order chi connectivity index (χ0) is 15.3.